The molecule has 8 heteroatoms. The molecule has 106 valence electrons. The van der Waals surface area contributed by atoms with E-state index in [1.165, 1.54) is 29.8 Å². The van der Waals surface area contributed by atoms with E-state index in [0.717, 1.165) is 0 Å². The molecule has 0 aromatic carbocycles. The maximum atomic E-state index is 11.5. The lowest BCUT2D eigenvalue weighted by molar-refractivity contribution is 0.129. The van der Waals surface area contributed by atoms with Gasteiger partial charge in [0.15, 0.2) is 8.38 Å². The maximum absolute atomic E-state index is 11.5. The van der Waals surface area contributed by atoms with Crippen LogP contribution in [0.15, 0.2) is 27.7 Å². The van der Waals surface area contributed by atoms with E-state index in [1.807, 2.05) is 0 Å². The van der Waals surface area contributed by atoms with Crippen LogP contribution in [0.2, 0.25) is 0 Å². The number of H-pyrrole nitrogens is 1. The molecule has 0 fully saturated rings. The predicted octanol–water partition coefficient (Wildman–Crippen LogP) is 0.0603. The number of ether oxygens (including phenoxy) is 1. The molecule has 7 nitrogen and oxygen atoms in total. The minimum absolute atomic E-state index is 0.330. The van der Waals surface area contributed by atoms with Gasteiger partial charge in [-0.3, -0.25) is 9.78 Å². The van der Waals surface area contributed by atoms with E-state index in [1.54, 1.807) is 6.92 Å². The van der Waals surface area contributed by atoms with Gasteiger partial charge in [-0.15, -0.1) is 0 Å². The Labute approximate surface area is 111 Å². The summed E-state index contributed by atoms with van der Waals surface area (Å²) >= 11 is 0. The maximum Gasteiger partial charge on any atom is 0.328 e. The third-order valence-corrected chi connectivity index (χ3v) is 3.02. The van der Waals surface area contributed by atoms with E-state index < -0.39 is 19.6 Å². The largest absolute Gasteiger partial charge is 0.377 e. The highest BCUT2D eigenvalue weighted by Gasteiger charge is 2.06. The van der Waals surface area contributed by atoms with Crippen LogP contribution in [-0.2, 0) is 11.3 Å². The Morgan fingerprint density at radius 1 is 1.53 bits per heavy atom. The van der Waals surface area contributed by atoms with Gasteiger partial charge in [0.2, 0.25) is 0 Å². The molecule has 0 amide bonds. The van der Waals surface area contributed by atoms with Crippen molar-refractivity contribution < 1.29 is 14.5 Å². The molecule has 0 saturated heterocycles. The van der Waals surface area contributed by atoms with Gasteiger partial charge in [0.25, 0.3) is 5.56 Å². The summed E-state index contributed by atoms with van der Waals surface area (Å²) in [5.41, 5.74) is -0.407. The molecule has 1 rings (SSSR count). The minimum Gasteiger partial charge on any atom is -0.377 e. The Kier molecular flexibility index (Phi) is 6.11. The summed E-state index contributed by atoms with van der Waals surface area (Å²) in [6.45, 7) is 1.97. The van der Waals surface area contributed by atoms with Crippen molar-refractivity contribution in [3.05, 3.63) is 44.5 Å². The average Bonchev–Trinajstić information content (AvgIpc) is 2.35. The fourth-order valence-electron chi connectivity index (χ4n) is 1.52. The first-order valence-corrected chi connectivity index (χ1v) is 6.94. The zero-order valence-corrected chi connectivity index (χ0v) is 11.6. The third kappa shape index (κ3) is 5.08. The van der Waals surface area contributed by atoms with Gasteiger partial charge >= 0.3 is 5.69 Å². The quantitative estimate of drug-likeness (QED) is 0.642. The van der Waals surface area contributed by atoms with Crippen LogP contribution >= 0.6 is 8.38 Å². The molecule has 3 N–H and O–H groups in total. The Hall–Kier alpha value is -1.27. The lowest BCUT2D eigenvalue weighted by Gasteiger charge is -2.12. The minimum atomic E-state index is -2.10. The highest BCUT2D eigenvalue weighted by atomic mass is 31.2. The number of methoxy groups -OCH3 is 1. The van der Waals surface area contributed by atoms with E-state index in [9.17, 15) is 9.59 Å². The second kappa shape index (κ2) is 7.35. The topological polar surface area (TPSA) is 105 Å². The summed E-state index contributed by atoms with van der Waals surface area (Å²) in [6, 6.07) is 0. The normalized spacial score (nSPS) is 13.3. The molecule has 1 atom stereocenters. The van der Waals surface area contributed by atoms with Crippen molar-refractivity contribution in [2.45, 2.75) is 26.0 Å². The van der Waals surface area contributed by atoms with E-state index >= 15 is 0 Å². The lowest BCUT2D eigenvalue weighted by atomic mass is 10.2. The van der Waals surface area contributed by atoms with E-state index in [0.29, 0.717) is 18.5 Å². The van der Waals surface area contributed by atoms with Crippen molar-refractivity contribution in [3.63, 3.8) is 0 Å². The molecule has 1 aromatic heterocycles. The van der Waals surface area contributed by atoms with Crippen molar-refractivity contribution in [1.29, 1.82) is 0 Å². The van der Waals surface area contributed by atoms with Crippen molar-refractivity contribution >= 4 is 8.38 Å². The summed E-state index contributed by atoms with van der Waals surface area (Å²) in [6.07, 6.45) is 3.17. The monoisotopic (exact) mass is 288 g/mol. The lowest BCUT2D eigenvalue weighted by Crippen LogP contribution is -2.31. The number of rotatable bonds is 6. The Balaban J connectivity index is 2.73. The van der Waals surface area contributed by atoms with Crippen LogP contribution in [0.4, 0.5) is 0 Å². The molecular weight excluding hydrogens is 271 g/mol. The summed E-state index contributed by atoms with van der Waals surface area (Å²) in [5, 5.41) is 0. The molecule has 0 aliphatic rings. The Morgan fingerprint density at radius 2 is 2.21 bits per heavy atom. The SMILES string of the molecule is COC(/C=C/P(O)O)CCn1cc(C)c(=O)[nH]c1=O. The number of aromatic nitrogens is 2. The van der Waals surface area contributed by atoms with Crippen LogP contribution in [0.5, 0.6) is 0 Å². The van der Waals surface area contributed by atoms with Gasteiger partial charge in [0.05, 0.1) is 6.10 Å². The predicted molar refractivity (Wildman–Crippen MR) is 72.0 cm³/mol. The fourth-order valence-corrected chi connectivity index (χ4v) is 1.86. The zero-order valence-electron chi connectivity index (χ0n) is 10.7. The summed E-state index contributed by atoms with van der Waals surface area (Å²) in [7, 11) is -0.603. The highest BCUT2D eigenvalue weighted by molar-refractivity contribution is 7.48. The standard InChI is InChI=1S/C11H17N2O5P/c1-8-7-13(11(15)12-10(8)14)5-3-9(18-2)4-6-19(16)17/h4,6-7,9,16-17H,3,5H2,1-2H3,(H,12,14,15)/b6-4+. The summed E-state index contributed by atoms with van der Waals surface area (Å²) in [5.74, 6) is 1.25. The fraction of sp³-hybridized carbons (Fsp3) is 0.455. The van der Waals surface area contributed by atoms with Gasteiger partial charge in [-0.25, -0.2) is 4.79 Å². The Morgan fingerprint density at radius 3 is 2.79 bits per heavy atom. The van der Waals surface area contributed by atoms with Gasteiger partial charge in [-0.1, -0.05) is 6.08 Å². The zero-order chi connectivity index (χ0) is 14.4. The number of aryl methyl sites for hydroxylation is 2. The van der Waals surface area contributed by atoms with E-state index in [2.05, 4.69) is 4.98 Å². The van der Waals surface area contributed by atoms with Crippen LogP contribution < -0.4 is 11.2 Å². The van der Waals surface area contributed by atoms with Crippen molar-refractivity contribution in [2.24, 2.45) is 0 Å². The number of nitrogens with zero attached hydrogens (tertiary/aromatic N) is 1. The van der Waals surface area contributed by atoms with Crippen molar-refractivity contribution in [3.8, 4) is 0 Å². The second-order valence-corrected chi connectivity index (χ2v) is 4.93. The van der Waals surface area contributed by atoms with Gasteiger partial charge in [-0.05, 0) is 19.2 Å². The molecular formula is C11H17N2O5P. The first-order chi connectivity index (χ1) is 8.93. The molecule has 0 bridgehead atoms. The van der Waals surface area contributed by atoms with Crippen molar-refractivity contribution in [2.75, 3.05) is 7.11 Å². The molecule has 1 aromatic rings. The first kappa shape index (κ1) is 15.8. The number of hydrogen-bond acceptors (Lipinski definition) is 5. The highest BCUT2D eigenvalue weighted by Crippen LogP contribution is 2.24. The molecule has 1 heterocycles. The van der Waals surface area contributed by atoms with Gasteiger partial charge < -0.3 is 19.1 Å². The number of nitrogens with one attached hydrogen (secondary N) is 1. The molecule has 0 radical (unpaired) electrons. The van der Waals surface area contributed by atoms with Crippen LogP contribution in [-0.4, -0.2) is 32.6 Å². The van der Waals surface area contributed by atoms with Gasteiger partial charge in [0.1, 0.15) is 0 Å². The van der Waals surface area contributed by atoms with Gasteiger partial charge in [0, 0.05) is 25.4 Å². The van der Waals surface area contributed by atoms with E-state index in [4.69, 9.17) is 14.5 Å². The Bertz CT molecular complexity index is 549. The van der Waals surface area contributed by atoms with Crippen LogP contribution in [0.1, 0.15) is 12.0 Å². The third-order valence-electron chi connectivity index (χ3n) is 2.58. The van der Waals surface area contributed by atoms with Gasteiger partial charge in [-0.2, -0.15) is 0 Å². The molecule has 0 saturated carbocycles. The van der Waals surface area contributed by atoms with Crippen LogP contribution in [0.25, 0.3) is 0 Å². The number of hydrogen-bond donors (Lipinski definition) is 3. The van der Waals surface area contributed by atoms with Crippen LogP contribution in [0.3, 0.4) is 0 Å². The molecule has 1 unspecified atom stereocenters. The number of aromatic amines is 1. The smallest absolute Gasteiger partial charge is 0.328 e. The molecule has 0 aliphatic heterocycles. The van der Waals surface area contributed by atoms with Crippen LogP contribution in [0, 0.1) is 6.92 Å². The van der Waals surface area contributed by atoms with Crippen molar-refractivity contribution in [1.82, 2.24) is 9.55 Å². The average molecular weight is 288 g/mol. The van der Waals surface area contributed by atoms with E-state index in [-0.39, 0.29) is 6.10 Å². The molecule has 0 aliphatic carbocycles. The second-order valence-electron chi connectivity index (χ2n) is 3.99. The summed E-state index contributed by atoms with van der Waals surface area (Å²) in [4.78, 5) is 42.5. The summed E-state index contributed by atoms with van der Waals surface area (Å²) < 4.78 is 6.52. The first-order valence-electron chi connectivity index (χ1n) is 5.62. The molecule has 19 heavy (non-hydrogen) atoms. The molecule has 0 spiro atoms.